The highest BCUT2D eigenvalue weighted by molar-refractivity contribution is 9.10. The smallest absolute Gasteiger partial charge is 0.409 e. The largest absolute Gasteiger partial charge is 0.453 e. The SMILES string of the molecule is COC(=O)N1CCN(c2ccc(Br)cn2)CC1. The van der Waals surface area contributed by atoms with Gasteiger partial charge < -0.3 is 14.5 Å². The molecule has 0 radical (unpaired) electrons. The minimum Gasteiger partial charge on any atom is -0.453 e. The van der Waals surface area contributed by atoms with Gasteiger partial charge in [0.15, 0.2) is 0 Å². The third-order valence-corrected chi connectivity index (χ3v) is 3.22. The van der Waals surface area contributed by atoms with Gasteiger partial charge in [0.1, 0.15) is 5.82 Å². The predicted octanol–water partition coefficient (Wildman–Crippen LogP) is 1.73. The Morgan fingerprint density at radius 2 is 2.06 bits per heavy atom. The molecule has 0 unspecified atom stereocenters. The molecule has 1 aromatic rings. The Hall–Kier alpha value is -1.30. The molecule has 5 nitrogen and oxygen atoms in total. The zero-order valence-electron chi connectivity index (χ0n) is 9.60. The van der Waals surface area contributed by atoms with Crippen LogP contribution in [0.15, 0.2) is 22.8 Å². The summed E-state index contributed by atoms with van der Waals surface area (Å²) < 4.78 is 5.66. The Labute approximate surface area is 108 Å². The average Bonchev–Trinajstić information content (AvgIpc) is 2.39. The molecule has 0 saturated carbocycles. The lowest BCUT2D eigenvalue weighted by atomic mass is 10.3. The number of amides is 1. The van der Waals surface area contributed by atoms with Gasteiger partial charge in [0.05, 0.1) is 7.11 Å². The van der Waals surface area contributed by atoms with Crippen molar-refractivity contribution in [3.63, 3.8) is 0 Å². The molecule has 2 heterocycles. The molecule has 1 aromatic heterocycles. The molecule has 1 aliphatic heterocycles. The van der Waals surface area contributed by atoms with E-state index in [0.717, 1.165) is 23.4 Å². The van der Waals surface area contributed by atoms with Crippen molar-refractivity contribution in [1.29, 1.82) is 0 Å². The Kier molecular flexibility index (Phi) is 3.83. The van der Waals surface area contributed by atoms with Crippen LogP contribution in [-0.2, 0) is 4.74 Å². The fraction of sp³-hybridized carbons (Fsp3) is 0.455. The first-order valence-corrected chi connectivity index (χ1v) is 6.19. The Balaban J connectivity index is 1.95. The standard InChI is InChI=1S/C11H14BrN3O2/c1-17-11(16)15-6-4-14(5-7-15)10-3-2-9(12)8-13-10/h2-3,8H,4-7H2,1H3. The van der Waals surface area contributed by atoms with E-state index in [-0.39, 0.29) is 6.09 Å². The van der Waals surface area contributed by atoms with Crippen LogP contribution in [0.5, 0.6) is 0 Å². The second kappa shape index (κ2) is 5.35. The number of piperazine rings is 1. The number of carbonyl (C=O) groups is 1. The van der Waals surface area contributed by atoms with E-state index >= 15 is 0 Å². The lowest BCUT2D eigenvalue weighted by molar-refractivity contribution is 0.121. The van der Waals surface area contributed by atoms with Gasteiger partial charge in [0.2, 0.25) is 0 Å². The first-order valence-electron chi connectivity index (χ1n) is 5.40. The summed E-state index contributed by atoms with van der Waals surface area (Å²) in [6.07, 6.45) is 1.52. The predicted molar refractivity (Wildman–Crippen MR) is 68.1 cm³/mol. The van der Waals surface area contributed by atoms with Gasteiger partial charge in [-0.15, -0.1) is 0 Å². The first-order chi connectivity index (χ1) is 8.20. The molecule has 0 N–H and O–H groups in total. The number of hydrogen-bond donors (Lipinski definition) is 0. The Morgan fingerprint density at radius 1 is 1.35 bits per heavy atom. The van der Waals surface area contributed by atoms with Gasteiger partial charge in [-0.3, -0.25) is 0 Å². The first kappa shape index (κ1) is 12.2. The number of aromatic nitrogens is 1. The van der Waals surface area contributed by atoms with Crippen molar-refractivity contribution in [3.8, 4) is 0 Å². The number of rotatable bonds is 1. The summed E-state index contributed by atoms with van der Waals surface area (Å²) in [5, 5.41) is 0. The number of anilines is 1. The number of ether oxygens (including phenoxy) is 1. The number of nitrogens with zero attached hydrogens (tertiary/aromatic N) is 3. The molecule has 0 spiro atoms. The van der Waals surface area contributed by atoms with Crippen LogP contribution in [0.25, 0.3) is 0 Å². The highest BCUT2D eigenvalue weighted by Gasteiger charge is 2.21. The topological polar surface area (TPSA) is 45.7 Å². The van der Waals surface area contributed by atoms with Gasteiger partial charge in [-0.1, -0.05) is 0 Å². The minimum atomic E-state index is -0.256. The molecule has 1 aliphatic rings. The molecular weight excluding hydrogens is 286 g/mol. The Bertz CT molecular complexity index is 388. The second-order valence-electron chi connectivity index (χ2n) is 3.78. The van der Waals surface area contributed by atoms with Crippen molar-refractivity contribution in [1.82, 2.24) is 9.88 Å². The number of methoxy groups -OCH3 is 1. The van der Waals surface area contributed by atoms with Gasteiger partial charge in [0, 0.05) is 36.8 Å². The van der Waals surface area contributed by atoms with Crippen LogP contribution in [0, 0.1) is 0 Å². The summed E-state index contributed by atoms with van der Waals surface area (Å²) >= 11 is 3.36. The van der Waals surface area contributed by atoms with Crippen LogP contribution in [0.2, 0.25) is 0 Å². The van der Waals surface area contributed by atoms with E-state index in [2.05, 4.69) is 25.8 Å². The van der Waals surface area contributed by atoms with E-state index in [4.69, 9.17) is 4.74 Å². The second-order valence-corrected chi connectivity index (χ2v) is 4.69. The third kappa shape index (κ3) is 2.88. The molecule has 0 aromatic carbocycles. The molecule has 0 aliphatic carbocycles. The van der Waals surface area contributed by atoms with Crippen LogP contribution in [0.1, 0.15) is 0 Å². The summed E-state index contributed by atoms with van der Waals surface area (Å²) in [6.45, 7) is 2.91. The maximum Gasteiger partial charge on any atom is 0.409 e. The molecule has 2 rings (SSSR count). The molecule has 1 amide bonds. The molecule has 0 atom stereocenters. The quantitative estimate of drug-likeness (QED) is 0.792. The molecule has 1 fully saturated rings. The zero-order chi connectivity index (χ0) is 12.3. The van der Waals surface area contributed by atoms with Gasteiger partial charge in [0.25, 0.3) is 0 Å². The fourth-order valence-electron chi connectivity index (χ4n) is 1.80. The summed E-state index contributed by atoms with van der Waals surface area (Å²) in [5.41, 5.74) is 0. The molecule has 1 saturated heterocycles. The van der Waals surface area contributed by atoms with E-state index in [1.165, 1.54) is 7.11 Å². The van der Waals surface area contributed by atoms with Crippen molar-refractivity contribution in [2.24, 2.45) is 0 Å². The summed E-state index contributed by atoms with van der Waals surface area (Å²) in [4.78, 5) is 19.5. The van der Waals surface area contributed by atoms with E-state index in [1.807, 2.05) is 12.1 Å². The maximum absolute atomic E-state index is 11.3. The number of pyridine rings is 1. The summed E-state index contributed by atoms with van der Waals surface area (Å²) in [6, 6.07) is 3.94. The maximum atomic E-state index is 11.3. The van der Waals surface area contributed by atoms with Crippen LogP contribution in [0.3, 0.4) is 0 Å². The average molecular weight is 300 g/mol. The van der Waals surface area contributed by atoms with Gasteiger partial charge >= 0.3 is 6.09 Å². The molecule has 0 bridgehead atoms. The summed E-state index contributed by atoms with van der Waals surface area (Å²) in [7, 11) is 1.41. The normalized spacial score (nSPS) is 15.9. The molecule has 92 valence electrons. The fourth-order valence-corrected chi connectivity index (χ4v) is 2.04. The van der Waals surface area contributed by atoms with Crippen molar-refractivity contribution < 1.29 is 9.53 Å². The van der Waals surface area contributed by atoms with E-state index in [1.54, 1.807) is 11.1 Å². The summed E-state index contributed by atoms with van der Waals surface area (Å²) in [5.74, 6) is 0.942. The number of halogens is 1. The highest BCUT2D eigenvalue weighted by Crippen LogP contribution is 2.16. The van der Waals surface area contributed by atoms with Crippen molar-refractivity contribution >= 4 is 27.8 Å². The lowest BCUT2D eigenvalue weighted by Gasteiger charge is -2.34. The van der Waals surface area contributed by atoms with Crippen molar-refractivity contribution in [2.75, 3.05) is 38.2 Å². The number of carbonyl (C=O) groups excluding carboxylic acids is 1. The van der Waals surface area contributed by atoms with Crippen LogP contribution in [-0.4, -0.2) is 49.3 Å². The van der Waals surface area contributed by atoms with Crippen LogP contribution < -0.4 is 4.90 Å². The van der Waals surface area contributed by atoms with Crippen molar-refractivity contribution in [2.45, 2.75) is 0 Å². The van der Waals surface area contributed by atoms with E-state index in [9.17, 15) is 4.79 Å². The molecule has 6 heteroatoms. The van der Waals surface area contributed by atoms with Crippen molar-refractivity contribution in [3.05, 3.63) is 22.8 Å². The zero-order valence-corrected chi connectivity index (χ0v) is 11.2. The van der Waals surface area contributed by atoms with Gasteiger partial charge in [-0.05, 0) is 28.1 Å². The molecular formula is C11H14BrN3O2. The Morgan fingerprint density at radius 3 is 2.59 bits per heavy atom. The molecule has 17 heavy (non-hydrogen) atoms. The van der Waals surface area contributed by atoms with E-state index in [0.29, 0.717) is 13.1 Å². The van der Waals surface area contributed by atoms with Gasteiger partial charge in [-0.2, -0.15) is 0 Å². The minimum absolute atomic E-state index is 0.256. The highest BCUT2D eigenvalue weighted by atomic mass is 79.9. The number of hydrogen-bond acceptors (Lipinski definition) is 4. The monoisotopic (exact) mass is 299 g/mol. The van der Waals surface area contributed by atoms with Crippen LogP contribution >= 0.6 is 15.9 Å². The third-order valence-electron chi connectivity index (χ3n) is 2.75. The lowest BCUT2D eigenvalue weighted by Crippen LogP contribution is -2.49. The van der Waals surface area contributed by atoms with Gasteiger partial charge in [-0.25, -0.2) is 9.78 Å². The van der Waals surface area contributed by atoms with E-state index < -0.39 is 0 Å². The van der Waals surface area contributed by atoms with Crippen LogP contribution in [0.4, 0.5) is 10.6 Å².